The van der Waals surface area contributed by atoms with E-state index in [9.17, 15) is 14.4 Å². The van der Waals surface area contributed by atoms with Gasteiger partial charge >= 0.3 is 12.0 Å². The van der Waals surface area contributed by atoms with Crippen molar-refractivity contribution in [2.75, 3.05) is 6.54 Å². The lowest BCUT2D eigenvalue weighted by Gasteiger charge is -2.29. The minimum Gasteiger partial charge on any atom is -0.480 e. The highest BCUT2D eigenvalue weighted by molar-refractivity contribution is 5.83. The Morgan fingerprint density at radius 2 is 1.95 bits per heavy atom. The number of primary amides is 1. The third-order valence-corrected chi connectivity index (χ3v) is 4.10. The summed E-state index contributed by atoms with van der Waals surface area (Å²) in [5, 5.41) is 14.1. The molecule has 5 N–H and O–H groups in total. The molecule has 0 saturated heterocycles. The number of carboxylic acid groups (broad SMARTS) is 1. The first-order valence-corrected chi connectivity index (χ1v) is 7.45. The fraction of sp³-hybridized carbons (Fsp3) is 0.786. The number of carbonyl (C=O) groups is 3. The van der Waals surface area contributed by atoms with E-state index in [2.05, 4.69) is 17.6 Å². The van der Waals surface area contributed by atoms with E-state index in [-0.39, 0.29) is 12.8 Å². The Morgan fingerprint density at radius 3 is 2.52 bits per heavy atom. The summed E-state index contributed by atoms with van der Waals surface area (Å²) in [6, 6.07) is -1.61. The van der Waals surface area contributed by atoms with Crippen LogP contribution in [-0.2, 0) is 9.59 Å². The van der Waals surface area contributed by atoms with Gasteiger partial charge in [0, 0.05) is 13.0 Å². The molecule has 120 valence electrons. The number of amides is 3. The molecule has 0 aliphatic heterocycles. The normalized spacial score (nSPS) is 23.1. The summed E-state index contributed by atoms with van der Waals surface area (Å²) in [6.07, 6.45) is 4.59. The van der Waals surface area contributed by atoms with Gasteiger partial charge in [-0.25, -0.2) is 9.59 Å². The quantitative estimate of drug-likeness (QED) is 0.556. The van der Waals surface area contributed by atoms with Gasteiger partial charge in [-0.15, -0.1) is 0 Å². The van der Waals surface area contributed by atoms with E-state index in [1.54, 1.807) is 0 Å². The number of rotatable bonds is 7. The molecule has 3 atom stereocenters. The minimum absolute atomic E-state index is 0.00207. The minimum atomic E-state index is -1.17. The molecular formula is C14H25N3O4. The van der Waals surface area contributed by atoms with Crippen LogP contribution in [-0.4, -0.2) is 35.6 Å². The zero-order valence-electron chi connectivity index (χ0n) is 12.4. The average Bonchev–Trinajstić information content (AvgIpc) is 2.42. The maximum Gasteiger partial charge on any atom is 0.326 e. The summed E-state index contributed by atoms with van der Waals surface area (Å²) in [7, 11) is 0. The monoisotopic (exact) mass is 299 g/mol. The van der Waals surface area contributed by atoms with Crippen molar-refractivity contribution in [2.45, 2.75) is 51.5 Å². The molecule has 3 amide bonds. The van der Waals surface area contributed by atoms with E-state index >= 15 is 0 Å². The maximum absolute atomic E-state index is 11.8. The van der Waals surface area contributed by atoms with Gasteiger partial charge in [0.15, 0.2) is 0 Å². The summed E-state index contributed by atoms with van der Waals surface area (Å²) in [5.41, 5.74) is 4.98. The van der Waals surface area contributed by atoms with E-state index in [0.717, 1.165) is 6.42 Å². The first-order valence-electron chi connectivity index (χ1n) is 7.45. The summed E-state index contributed by atoms with van der Waals surface area (Å²) >= 11 is 0. The van der Waals surface area contributed by atoms with Crippen LogP contribution in [0.5, 0.6) is 0 Å². The third kappa shape index (κ3) is 6.46. The Bertz CT molecular complexity index is 386. The van der Waals surface area contributed by atoms with Crippen molar-refractivity contribution >= 4 is 17.9 Å². The van der Waals surface area contributed by atoms with Gasteiger partial charge < -0.3 is 21.5 Å². The molecule has 0 aromatic heterocycles. The van der Waals surface area contributed by atoms with E-state index in [1.165, 1.54) is 19.3 Å². The second-order valence-corrected chi connectivity index (χ2v) is 5.77. The van der Waals surface area contributed by atoms with Crippen molar-refractivity contribution in [3.05, 3.63) is 0 Å². The van der Waals surface area contributed by atoms with Crippen LogP contribution < -0.4 is 16.4 Å². The van der Waals surface area contributed by atoms with E-state index in [0.29, 0.717) is 18.4 Å². The van der Waals surface area contributed by atoms with Crippen molar-refractivity contribution in [1.82, 2.24) is 10.6 Å². The molecule has 21 heavy (non-hydrogen) atoms. The molecule has 7 heteroatoms. The molecule has 1 rings (SSSR count). The Hall–Kier alpha value is -1.79. The lowest BCUT2D eigenvalue weighted by Crippen LogP contribution is -2.47. The van der Waals surface area contributed by atoms with Gasteiger partial charge in [-0.2, -0.15) is 0 Å². The van der Waals surface area contributed by atoms with E-state index in [1.807, 2.05) is 0 Å². The number of hydrogen-bond donors (Lipinski definition) is 4. The molecule has 1 aliphatic carbocycles. The maximum atomic E-state index is 11.8. The molecule has 1 aliphatic rings. The van der Waals surface area contributed by atoms with E-state index in [4.69, 9.17) is 10.8 Å². The second kappa shape index (κ2) is 8.49. The summed E-state index contributed by atoms with van der Waals surface area (Å²) in [4.78, 5) is 33.4. The predicted octanol–water partition coefficient (Wildman–Crippen LogP) is 0.831. The number of carbonyl (C=O) groups excluding carboxylic acids is 2. The van der Waals surface area contributed by atoms with Gasteiger partial charge in [0.05, 0.1) is 0 Å². The summed E-state index contributed by atoms with van der Waals surface area (Å²) < 4.78 is 0. The number of carboxylic acids is 1. The predicted molar refractivity (Wildman–Crippen MR) is 77.5 cm³/mol. The summed E-state index contributed by atoms with van der Waals surface area (Å²) in [6.45, 7) is 2.73. The molecule has 1 fully saturated rings. The van der Waals surface area contributed by atoms with Gasteiger partial charge in [-0.05, 0) is 24.7 Å². The molecule has 0 heterocycles. The number of hydrogen-bond acceptors (Lipinski definition) is 3. The van der Waals surface area contributed by atoms with Gasteiger partial charge in [0.25, 0.3) is 0 Å². The SMILES string of the molecule is CC1CCCCC1CNC(=O)N[C@H](CCC(N)=O)C(=O)O. The molecule has 2 unspecified atom stereocenters. The van der Waals surface area contributed by atoms with Crippen LogP contribution in [0.1, 0.15) is 45.4 Å². The van der Waals surface area contributed by atoms with Crippen LogP contribution in [0.3, 0.4) is 0 Å². The summed E-state index contributed by atoms with van der Waals surface area (Å²) in [5.74, 6) is -0.737. The number of urea groups is 1. The number of nitrogens with one attached hydrogen (secondary N) is 2. The standard InChI is InChI=1S/C14H25N3O4/c1-9-4-2-3-5-10(9)8-16-14(21)17-11(13(19)20)6-7-12(15)18/h9-11H,2-8H2,1H3,(H2,15,18)(H,19,20)(H2,16,17,21)/t9?,10?,11-/m1/s1. The molecule has 0 radical (unpaired) electrons. The average molecular weight is 299 g/mol. The highest BCUT2D eigenvalue weighted by Gasteiger charge is 2.23. The second-order valence-electron chi connectivity index (χ2n) is 5.77. The largest absolute Gasteiger partial charge is 0.480 e. The lowest BCUT2D eigenvalue weighted by atomic mass is 9.80. The van der Waals surface area contributed by atoms with Gasteiger partial charge in [-0.1, -0.05) is 26.2 Å². The van der Waals surface area contributed by atoms with Crippen molar-refractivity contribution in [3.8, 4) is 0 Å². The molecule has 0 spiro atoms. The van der Waals surface area contributed by atoms with Crippen molar-refractivity contribution in [1.29, 1.82) is 0 Å². The Labute approximate surface area is 124 Å². The Kier molecular flexibility index (Phi) is 6.98. The fourth-order valence-corrected chi connectivity index (χ4v) is 2.67. The first kappa shape index (κ1) is 17.3. The van der Waals surface area contributed by atoms with Gasteiger partial charge in [0.2, 0.25) is 5.91 Å². The van der Waals surface area contributed by atoms with Crippen LogP contribution >= 0.6 is 0 Å². The molecule has 1 saturated carbocycles. The number of aliphatic carboxylic acids is 1. The van der Waals surface area contributed by atoms with Gasteiger partial charge in [0.1, 0.15) is 6.04 Å². The highest BCUT2D eigenvalue weighted by Crippen LogP contribution is 2.28. The zero-order valence-corrected chi connectivity index (χ0v) is 12.4. The number of nitrogens with two attached hydrogens (primary N) is 1. The smallest absolute Gasteiger partial charge is 0.326 e. The molecular weight excluding hydrogens is 274 g/mol. The third-order valence-electron chi connectivity index (χ3n) is 4.10. The van der Waals surface area contributed by atoms with Crippen LogP contribution in [0.4, 0.5) is 4.79 Å². The van der Waals surface area contributed by atoms with Crippen LogP contribution in [0.25, 0.3) is 0 Å². The van der Waals surface area contributed by atoms with Crippen molar-refractivity contribution in [3.63, 3.8) is 0 Å². The van der Waals surface area contributed by atoms with Crippen molar-refractivity contribution in [2.24, 2.45) is 17.6 Å². The zero-order chi connectivity index (χ0) is 15.8. The van der Waals surface area contributed by atoms with Crippen LogP contribution in [0.2, 0.25) is 0 Å². The first-order chi connectivity index (χ1) is 9.90. The Balaban J connectivity index is 2.35. The fourth-order valence-electron chi connectivity index (χ4n) is 2.67. The Morgan fingerprint density at radius 1 is 1.29 bits per heavy atom. The lowest BCUT2D eigenvalue weighted by molar-refractivity contribution is -0.139. The molecule has 0 aromatic carbocycles. The topological polar surface area (TPSA) is 122 Å². The van der Waals surface area contributed by atoms with Crippen molar-refractivity contribution < 1.29 is 19.5 Å². The molecule has 0 bridgehead atoms. The highest BCUT2D eigenvalue weighted by atomic mass is 16.4. The molecule has 0 aromatic rings. The van der Waals surface area contributed by atoms with Crippen LogP contribution in [0.15, 0.2) is 0 Å². The van der Waals surface area contributed by atoms with E-state index < -0.39 is 23.9 Å². The van der Waals surface area contributed by atoms with Gasteiger partial charge in [-0.3, -0.25) is 4.79 Å². The van der Waals surface area contributed by atoms with Crippen LogP contribution in [0, 0.1) is 11.8 Å². The molecule has 7 nitrogen and oxygen atoms in total.